The van der Waals surface area contributed by atoms with Crippen LogP contribution in [-0.2, 0) is 16.0 Å². The van der Waals surface area contributed by atoms with Gasteiger partial charge in [0.2, 0.25) is 5.96 Å². The fourth-order valence-corrected chi connectivity index (χ4v) is 6.04. The van der Waals surface area contributed by atoms with E-state index in [2.05, 4.69) is 46.2 Å². The molecular formula is C38H65N5O5. The Bertz CT molecular complexity index is 1280. The van der Waals surface area contributed by atoms with Gasteiger partial charge in [0.25, 0.3) is 0 Å². The zero-order valence-electron chi connectivity index (χ0n) is 31.6. The summed E-state index contributed by atoms with van der Waals surface area (Å²) in [5, 5.41) is 16.1. The zero-order valence-corrected chi connectivity index (χ0v) is 31.6. The molecule has 48 heavy (non-hydrogen) atoms. The average molecular weight is 672 g/mol. The Hall–Kier alpha value is -3.56. The van der Waals surface area contributed by atoms with Crippen LogP contribution in [0.5, 0.6) is 11.5 Å². The summed E-state index contributed by atoms with van der Waals surface area (Å²) < 4.78 is 12.3. The van der Waals surface area contributed by atoms with Crippen LogP contribution in [0.1, 0.15) is 128 Å². The van der Waals surface area contributed by atoms with Crippen molar-refractivity contribution in [2.45, 2.75) is 138 Å². The lowest BCUT2D eigenvalue weighted by molar-refractivity contribution is -0.138. The normalized spacial score (nSPS) is 16.4. The molecule has 6 N–H and O–H groups in total. The first kappa shape index (κ1) is 42.5. The monoisotopic (exact) mass is 671 g/mol. The predicted molar refractivity (Wildman–Crippen MR) is 197 cm³/mol. The van der Waals surface area contributed by atoms with Gasteiger partial charge < -0.3 is 30.9 Å². The van der Waals surface area contributed by atoms with Crippen LogP contribution in [0.3, 0.4) is 0 Å². The second-order valence-corrected chi connectivity index (χ2v) is 14.7. The van der Waals surface area contributed by atoms with E-state index in [9.17, 15) is 9.59 Å². The lowest BCUT2D eigenvalue weighted by Gasteiger charge is -2.38. The lowest BCUT2D eigenvalue weighted by Crippen LogP contribution is -2.37. The molecular weight excluding hydrogens is 606 g/mol. The van der Waals surface area contributed by atoms with Crippen LogP contribution in [0.2, 0.25) is 0 Å². The first-order valence-corrected chi connectivity index (χ1v) is 17.6. The first-order valence-electron chi connectivity index (χ1n) is 17.6. The van der Waals surface area contributed by atoms with Crippen LogP contribution in [-0.4, -0.2) is 53.6 Å². The van der Waals surface area contributed by atoms with Gasteiger partial charge >= 0.3 is 11.9 Å². The Labute approximate surface area is 290 Å². The highest BCUT2D eigenvalue weighted by Crippen LogP contribution is 2.45. The van der Waals surface area contributed by atoms with E-state index in [0.29, 0.717) is 5.75 Å². The van der Waals surface area contributed by atoms with Crippen LogP contribution in [0.25, 0.3) is 0 Å². The number of rotatable bonds is 16. The number of benzene rings is 1. The SMILES string of the molecule is C=C(CC(=O)Oc1c(C)c(C)c2c(c1C)CCC(C)(CCCC(C)CCCC(C)CCCC(C)C)O2)C(=O)O.CN(C)C(=N)N=C(N)N. The third-order valence-corrected chi connectivity index (χ3v) is 9.37. The van der Waals surface area contributed by atoms with Crippen molar-refractivity contribution < 1.29 is 24.2 Å². The molecule has 1 aliphatic rings. The van der Waals surface area contributed by atoms with Gasteiger partial charge in [0.15, 0.2) is 5.96 Å². The molecule has 1 heterocycles. The van der Waals surface area contributed by atoms with Crippen molar-refractivity contribution in [1.82, 2.24) is 4.90 Å². The minimum Gasteiger partial charge on any atom is -0.487 e. The van der Waals surface area contributed by atoms with Gasteiger partial charge in [-0.05, 0) is 87.8 Å². The van der Waals surface area contributed by atoms with E-state index in [1.807, 2.05) is 20.8 Å². The van der Waals surface area contributed by atoms with E-state index < -0.39 is 11.9 Å². The summed E-state index contributed by atoms with van der Waals surface area (Å²) in [7, 11) is 3.38. The smallest absolute Gasteiger partial charge is 0.331 e. The number of carbonyl (C=O) groups excluding carboxylic acids is 1. The summed E-state index contributed by atoms with van der Waals surface area (Å²) in [6.07, 6.45) is 13.0. The van der Waals surface area contributed by atoms with E-state index >= 15 is 0 Å². The second kappa shape index (κ2) is 20.1. The Morgan fingerprint density at radius 3 is 2.00 bits per heavy atom. The molecule has 10 nitrogen and oxygen atoms in total. The quantitative estimate of drug-likeness (QED) is 0.0454. The number of esters is 1. The minimum absolute atomic E-state index is 0.0509. The van der Waals surface area contributed by atoms with Gasteiger partial charge in [-0.1, -0.05) is 79.2 Å². The Morgan fingerprint density at radius 2 is 1.52 bits per heavy atom. The van der Waals surface area contributed by atoms with E-state index in [1.54, 1.807) is 14.1 Å². The highest BCUT2D eigenvalue weighted by molar-refractivity contribution is 5.92. The summed E-state index contributed by atoms with van der Waals surface area (Å²) in [6, 6.07) is 0. The minimum atomic E-state index is -1.19. The number of fused-ring (bicyclic) bond motifs is 1. The van der Waals surface area contributed by atoms with Crippen LogP contribution in [0.4, 0.5) is 0 Å². The number of aliphatic carboxylic acids is 1. The van der Waals surface area contributed by atoms with E-state index in [0.717, 1.165) is 71.4 Å². The molecule has 0 amide bonds. The number of hydrogen-bond acceptors (Lipinski definition) is 5. The van der Waals surface area contributed by atoms with Crippen molar-refractivity contribution in [3.63, 3.8) is 0 Å². The molecule has 0 saturated carbocycles. The maximum Gasteiger partial charge on any atom is 0.331 e. The van der Waals surface area contributed by atoms with Gasteiger partial charge in [-0.3, -0.25) is 10.2 Å². The number of carbonyl (C=O) groups is 2. The van der Waals surface area contributed by atoms with Gasteiger partial charge in [-0.15, -0.1) is 0 Å². The maximum atomic E-state index is 12.4. The molecule has 0 aliphatic carbocycles. The molecule has 10 heteroatoms. The van der Waals surface area contributed by atoms with Crippen molar-refractivity contribution >= 4 is 23.9 Å². The number of carboxylic acid groups (broad SMARTS) is 1. The molecule has 1 aliphatic heterocycles. The van der Waals surface area contributed by atoms with E-state index in [-0.39, 0.29) is 29.5 Å². The standard InChI is InChI=1S/C34H54O5.C4H11N5/c1-22(2)13-10-14-23(3)15-11-16-24(4)17-12-19-34(9)20-18-29-28(8)31(26(6)27(7)32(29)39-34)38-30(35)21-25(5)33(36)37;1-9(2)4(7)8-3(5)6/h22-24H,5,10-21H2,1-4,6-9H3,(H,36,37);1-2H3,(H5,5,6,7,8). The first-order chi connectivity index (χ1) is 22.3. The molecule has 0 spiro atoms. The van der Waals surface area contributed by atoms with Gasteiger partial charge in [-0.25, -0.2) is 4.79 Å². The van der Waals surface area contributed by atoms with Gasteiger partial charge in [0, 0.05) is 25.2 Å². The lowest BCUT2D eigenvalue weighted by atomic mass is 9.83. The molecule has 1 aromatic carbocycles. The van der Waals surface area contributed by atoms with E-state index in [1.165, 1.54) is 49.8 Å². The zero-order chi connectivity index (χ0) is 36.8. The molecule has 0 bridgehead atoms. The number of aliphatic imine (C=N–C) groups is 1. The van der Waals surface area contributed by atoms with E-state index in [4.69, 9.17) is 31.5 Å². The molecule has 3 unspecified atom stereocenters. The highest BCUT2D eigenvalue weighted by atomic mass is 16.5. The third-order valence-electron chi connectivity index (χ3n) is 9.37. The predicted octanol–water partition coefficient (Wildman–Crippen LogP) is 7.83. The number of guanidine groups is 2. The topological polar surface area (TPSA) is 164 Å². The third kappa shape index (κ3) is 14.7. The summed E-state index contributed by atoms with van der Waals surface area (Å²) in [6.45, 7) is 21.0. The molecule has 0 saturated heterocycles. The van der Waals surface area contributed by atoms with Crippen LogP contribution < -0.4 is 20.9 Å². The molecule has 0 fully saturated rings. The molecule has 272 valence electrons. The highest BCUT2D eigenvalue weighted by Gasteiger charge is 2.35. The van der Waals surface area contributed by atoms with Gasteiger partial charge in [0.05, 0.1) is 6.42 Å². The van der Waals surface area contributed by atoms with Crippen molar-refractivity contribution in [2.24, 2.45) is 34.2 Å². The largest absolute Gasteiger partial charge is 0.487 e. The van der Waals surface area contributed by atoms with Crippen LogP contribution in [0.15, 0.2) is 17.1 Å². The average Bonchev–Trinajstić information content (AvgIpc) is 2.97. The van der Waals surface area contributed by atoms with Crippen LogP contribution >= 0.6 is 0 Å². The molecule has 1 aromatic rings. The maximum absolute atomic E-state index is 12.4. The molecule has 0 radical (unpaired) electrons. The van der Waals surface area contributed by atoms with Gasteiger partial charge in [-0.2, -0.15) is 4.99 Å². The number of hydrogen-bond donors (Lipinski definition) is 4. The fraction of sp³-hybridized carbons (Fsp3) is 0.684. The van der Waals surface area contributed by atoms with Crippen molar-refractivity contribution in [3.8, 4) is 11.5 Å². The molecule has 2 rings (SSSR count). The number of carboxylic acids is 1. The van der Waals surface area contributed by atoms with Gasteiger partial charge in [0.1, 0.15) is 17.1 Å². The van der Waals surface area contributed by atoms with Crippen LogP contribution in [0, 0.1) is 43.9 Å². The molecule has 3 atom stereocenters. The number of nitrogens with one attached hydrogen (secondary N) is 1. The summed E-state index contributed by atoms with van der Waals surface area (Å²) in [5.74, 6) is 2.01. The summed E-state index contributed by atoms with van der Waals surface area (Å²) in [5.41, 5.74) is 13.4. The van der Waals surface area contributed by atoms with Crippen molar-refractivity contribution in [1.29, 1.82) is 5.41 Å². The number of ether oxygens (including phenoxy) is 2. The number of nitrogens with zero attached hydrogens (tertiary/aromatic N) is 2. The Kier molecular flexibility index (Phi) is 17.8. The Morgan fingerprint density at radius 1 is 0.979 bits per heavy atom. The summed E-state index contributed by atoms with van der Waals surface area (Å²) >= 11 is 0. The summed E-state index contributed by atoms with van der Waals surface area (Å²) in [4.78, 5) is 28.4. The van der Waals surface area contributed by atoms with Crippen molar-refractivity contribution in [3.05, 3.63) is 34.4 Å². The second-order valence-electron chi connectivity index (χ2n) is 14.7. The fourth-order valence-electron chi connectivity index (χ4n) is 6.04. The number of nitrogens with two attached hydrogens (primary N) is 2. The Balaban J connectivity index is 0.00000112. The van der Waals surface area contributed by atoms with Crippen molar-refractivity contribution in [2.75, 3.05) is 14.1 Å². The molecule has 0 aromatic heterocycles.